The van der Waals surface area contributed by atoms with Crippen LogP contribution in [0.2, 0.25) is 0 Å². The zero-order valence-corrected chi connectivity index (χ0v) is 8.12. The molecule has 0 amide bonds. The highest BCUT2D eigenvalue weighted by molar-refractivity contribution is 5.20. The fourth-order valence-corrected chi connectivity index (χ4v) is 2.19. The van der Waals surface area contributed by atoms with Crippen LogP contribution in [0.5, 0.6) is 0 Å². The van der Waals surface area contributed by atoms with Crippen LogP contribution in [0, 0.1) is 0 Å². The van der Waals surface area contributed by atoms with Crippen molar-refractivity contribution >= 4 is 0 Å². The SMILES string of the molecule is NCc1c(C2CCCC2)nc[nH]c1=O. The fourth-order valence-electron chi connectivity index (χ4n) is 2.19. The van der Waals surface area contributed by atoms with Crippen LogP contribution < -0.4 is 11.3 Å². The van der Waals surface area contributed by atoms with Gasteiger partial charge in [-0.3, -0.25) is 4.79 Å². The van der Waals surface area contributed by atoms with Crippen LogP contribution >= 0.6 is 0 Å². The van der Waals surface area contributed by atoms with Gasteiger partial charge in [-0.2, -0.15) is 0 Å². The molecule has 1 aliphatic carbocycles. The van der Waals surface area contributed by atoms with Crippen LogP contribution in [0.25, 0.3) is 0 Å². The van der Waals surface area contributed by atoms with E-state index in [1.54, 1.807) is 0 Å². The largest absolute Gasteiger partial charge is 0.326 e. The molecule has 1 aromatic rings. The summed E-state index contributed by atoms with van der Waals surface area (Å²) in [5.41, 5.74) is 7.07. The predicted octanol–water partition coefficient (Wildman–Crippen LogP) is 0.886. The second kappa shape index (κ2) is 3.92. The van der Waals surface area contributed by atoms with Crippen molar-refractivity contribution in [1.29, 1.82) is 0 Å². The predicted molar refractivity (Wildman–Crippen MR) is 54.0 cm³/mol. The van der Waals surface area contributed by atoms with Gasteiger partial charge in [0.25, 0.3) is 5.56 Å². The van der Waals surface area contributed by atoms with Gasteiger partial charge in [0.1, 0.15) is 0 Å². The highest BCUT2D eigenvalue weighted by Gasteiger charge is 2.21. The van der Waals surface area contributed by atoms with Gasteiger partial charge in [0.15, 0.2) is 0 Å². The lowest BCUT2D eigenvalue weighted by Crippen LogP contribution is -2.21. The third-order valence-corrected chi connectivity index (χ3v) is 2.93. The first-order valence-electron chi connectivity index (χ1n) is 5.09. The van der Waals surface area contributed by atoms with Gasteiger partial charge in [0.05, 0.1) is 17.6 Å². The van der Waals surface area contributed by atoms with E-state index >= 15 is 0 Å². The maximum Gasteiger partial charge on any atom is 0.255 e. The van der Waals surface area contributed by atoms with Gasteiger partial charge in [0.2, 0.25) is 0 Å². The lowest BCUT2D eigenvalue weighted by molar-refractivity contribution is 0.676. The van der Waals surface area contributed by atoms with Gasteiger partial charge >= 0.3 is 0 Å². The molecule has 0 saturated heterocycles. The fraction of sp³-hybridized carbons (Fsp3) is 0.600. The molecule has 76 valence electrons. The molecular weight excluding hydrogens is 178 g/mol. The normalized spacial score (nSPS) is 17.5. The number of hydrogen-bond acceptors (Lipinski definition) is 3. The Kier molecular flexibility index (Phi) is 2.63. The maximum atomic E-state index is 11.5. The molecule has 0 unspecified atom stereocenters. The standard InChI is InChI=1S/C10H15N3O/c11-5-8-9(7-3-1-2-4-7)12-6-13-10(8)14/h6-7H,1-5,11H2,(H,12,13,14). The summed E-state index contributed by atoms with van der Waals surface area (Å²) in [5.74, 6) is 0.454. The molecule has 4 nitrogen and oxygen atoms in total. The second-order valence-electron chi connectivity index (χ2n) is 3.78. The highest BCUT2D eigenvalue weighted by Crippen LogP contribution is 2.33. The number of aromatic nitrogens is 2. The summed E-state index contributed by atoms with van der Waals surface area (Å²) < 4.78 is 0. The van der Waals surface area contributed by atoms with Gasteiger partial charge in [0, 0.05) is 12.5 Å². The van der Waals surface area contributed by atoms with Gasteiger partial charge in [-0.1, -0.05) is 12.8 Å². The summed E-state index contributed by atoms with van der Waals surface area (Å²) in [4.78, 5) is 18.3. The number of H-pyrrole nitrogens is 1. The van der Waals surface area contributed by atoms with E-state index in [0.717, 1.165) is 18.5 Å². The summed E-state index contributed by atoms with van der Waals surface area (Å²) in [6.45, 7) is 0.287. The first-order valence-corrected chi connectivity index (χ1v) is 5.09. The first-order chi connectivity index (χ1) is 6.83. The summed E-state index contributed by atoms with van der Waals surface area (Å²) in [6, 6.07) is 0. The van der Waals surface area contributed by atoms with Crippen LogP contribution in [0.3, 0.4) is 0 Å². The Morgan fingerprint density at radius 3 is 2.86 bits per heavy atom. The minimum Gasteiger partial charge on any atom is -0.326 e. The Labute approximate surface area is 82.6 Å². The van der Waals surface area contributed by atoms with Crippen LogP contribution in [-0.4, -0.2) is 9.97 Å². The third kappa shape index (κ3) is 1.57. The number of hydrogen-bond donors (Lipinski definition) is 2. The Morgan fingerprint density at radius 1 is 1.50 bits per heavy atom. The molecule has 4 heteroatoms. The highest BCUT2D eigenvalue weighted by atomic mass is 16.1. The van der Waals surface area contributed by atoms with E-state index in [1.165, 1.54) is 19.2 Å². The first kappa shape index (κ1) is 9.40. The van der Waals surface area contributed by atoms with Crippen molar-refractivity contribution in [3.63, 3.8) is 0 Å². The molecule has 1 saturated carbocycles. The van der Waals surface area contributed by atoms with Crippen molar-refractivity contribution < 1.29 is 0 Å². The second-order valence-corrected chi connectivity index (χ2v) is 3.78. The molecular formula is C10H15N3O. The molecule has 1 aromatic heterocycles. The zero-order valence-electron chi connectivity index (χ0n) is 8.12. The summed E-state index contributed by atoms with van der Waals surface area (Å²) in [6.07, 6.45) is 6.24. The number of nitrogens with two attached hydrogens (primary N) is 1. The molecule has 2 rings (SSSR count). The molecule has 14 heavy (non-hydrogen) atoms. The average Bonchev–Trinajstić information content (AvgIpc) is 2.70. The van der Waals surface area contributed by atoms with E-state index in [1.807, 2.05) is 0 Å². The summed E-state index contributed by atoms with van der Waals surface area (Å²) >= 11 is 0. The van der Waals surface area contributed by atoms with Crippen LogP contribution in [0.15, 0.2) is 11.1 Å². The van der Waals surface area contributed by atoms with E-state index in [9.17, 15) is 4.79 Å². The molecule has 0 atom stereocenters. The topological polar surface area (TPSA) is 71.8 Å². The Hall–Kier alpha value is -1.16. The smallest absolute Gasteiger partial charge is 0.255 e. The van der Waals surface area contributed by atoms with Crippen LogP contribution in [-0.2, 0) is 6.54 Å². The molecule has 0 radical (unpaired) electrons. The van der Waals surface area contributed by atoms with Crippen LogP contribution in [0.1, 0.15) is 42.9 Å². The minimum atomic E-state index is -0.0793. The number of rotatable bonds is 2. The van der Waals surface area contributed by atoms with E-state index < -0.39 is 0 Å². The van der Waals surface area contributed by atoms with Crippen molar-refractivity contribution in [3.8, 4) is 0 Å². The Morgan fingerprint density at radius 2 is 2.21 bits per heavy atom. The zero-order chi connectivity index (χ0) is 9.97. The van der Waals surface area contributed by atoms with E-state index in [2.05, 4.69) is 9.97 Å². The number of nitrogens with zero attached hydrogens (tertiary/aromatic N) is 1. The van der Waals surface area contributed by atoms with Crippen molar-refractivity contribution in [2.24, 2.45) is 5.73 Å². The lowest BCUT2D eigenvalue weighted by Gasteiger charge is -2.11. The van der Waals surface area contributed by atoms with Crippen molar-refractivity contribution in [2.45, 2.75) is 38.1 Å². The molecule has 1 heterocycles. The minimum absolute atomic E-state index is 0.0793. The monoisotopic (exact) mass is 193 g/mol. The molecule has 0 aliphatic heterocycles. The number of nitrogens with one attached hydrogen (secondary N) is 1. The van der Waals surface area contributed by atoms with Gasteiger partial charge in [-0.15, -0.1) is 0 Å². The lowest BCUT2D eigenvalue weighted by atomic mass is 9.99. The molecule has 0 bridgehead atoms. The van der Waals surface area contributed by atoms with Gasteiger partial charge in [-0.05, 0) is 12.8 Å². The quantitative estimate of drug-likeness (QED) is 0.732. The van der Waals surface area contributed by atoms with Crippen LogP contribution in [0.4, 0.5) is 0 Å². The van der Waals surface area contributed by atoms with Crippen molar-refractivity contribution in [2.75, 3.05) is 0 Å². The Balaban J connectivity index is 2.40. The van der Waals surface area contributed by atoms with E-state index in [0.29, 0.717) is 11.5 Å². The van der Waals surface area contributed by atoms with Gasteiger partial charge in [-0.25, -0.2) is 4.98 Å². The van der Waals surface area contributed by atoms with Crippen molar-refractivity contribution in [1.82, 2.24) is 9.97 Å². The maximum absolute atomic E-state index is 11.5. The third-order valence-electron chi connectivity index (χ3n) is 2.93. The summed E-state index contributed by atoms with van der Waals surface area (Å²) in [5, 5.41) is 0. The average molecular weight is 193 g/mol. The molecule has 1 aliphatic rings. The molecule has 0 spiro atoms. The van der Waals surface area contributed by atoms with E-state index in [4.69, 9.17) is 5.73 Å². The molecule has 1 fully saturated rings. The molecule has 3 N–H and O–H groups in total. The Bertz CT molecular complexity index is 366. The number of aromatic amines is 1. The molecule has 0 aromatic carbocycles. The van der Waals surface area contributed by atoms with E-state index in [-0.39, 0.29) is 12.1 Å². The van der Waals surface area contributed by atoms with Gasteiger partial charge < -0.3 is 10.7 Å². The summed E-state index contributed by atoms with van der Waals surface area (Å²) in [7, 11) is 0. The van der Waals surface area contributed by atoms with Crippen molar-refractivity contribution in [3.05, 3.63) is 27.9 Å².